The van der Waals surface area contributed by atoms with Gasteiger partial charge in [-0.05, 0) is 25.5 Å². The Hall–Kier alpha value is -1.03. The van der Waals surface area contributed by atoms with Crippen molar-refractivity contribution in [3.8, 4) is 0 Å². The Morgan fingerprint density at radius 3 is 2.93 bits per heavy atom. The van der Waals surface area contributed by atoms with E-state index in [0.717, 1.165) is 12.2 Å². The van der Waals surface area contributed by atoms with Gasteiger partial charge in [0.05, 0.1) is 7.11 Å². The largest absolute Gasteiger partial charge is 0.497 e. The van der Waals surface area contributed by atoms with Crippen molar-refractivity contribution in [2.75, 3.05) is 20.3 Å². The van der Waals surface area contributed by atoms with E-state index in [4.69, 9.17) is 15.2 Å². The van der Waals surface area contributed by atoms with Crippen LogP contribution in [0.5, 0.6) is 0 Å². The Bertz CT molecular complexity index is 261. The lowest BCUT2D eigenvalue weighted by atomic mass is 9.99. The first-order valence-electron chi connectivity index (χ1n) is 5.09. The van der Waals surface area contributed by atoms with Gasteiger partial charge in [0, 0.05) is 6.42 Å². The molecule has 0 fully saturated rings. The van der Waals surface area contributed by atoms with Gasteiger partial charge in [-0.25, -0.2) is 4.39 Å². The van der Waals surface area contributed by atoms with Crippen LogP contribution in [0.25, 0.3) is 0 Å². The number of ether oxygens (including phenoxy) is 2. The second-order valence-corrected chi connectivity index (χ2v) is 3.64. The second kappa shape index (κ2) is 5.75. The average Bonchev–Trinajstić information content (AvgIpc) is 2.25. The lowest BCUT2D eigenvalue weighted by Gasteiger charge is -2.20. The van der Waals surface area contributed by atoms with Crippen LogP contribution in [0.3, 0.4) is 0 Å². The number of nitrogens with two attached hydrogens (primary N) is 1. The molecule has 0 unspecified atom stereocenters. The Morgan fingerprint density at radius 1 is 1.67 bits per heavy atom. The highest BCUT2D eigenvalue weighted by molar-refractivity contribution is 5.23. The minimum atomic E-state index is -0.976. The highest BCUT2D eigenvalue weighted by atomic mass is 19.1. The first-order valence-corrected chi connectivity index (χ1v) is 5.09. The summed E-state index contributed by atoms with van der Waals surface area (Å²) in [7, 11) is 1.59. The number of hydrogen-bond acceptors (Lipinski definition) is 3. The predicted molar refractivity (Wildman–Crippen MR) is 56.9 cm³/mol. The van der Waals surface area contributed by atoms with Gasteiger partial charge < -0.3 is 15.2 Å². The van der Waals surface area contributed by atoms with Crippen LogP contribution >= 0.6 is 0 Å². The lowest BCUT2D eigenvalue weighted by molar-refractivity contribution is 0.129. The normalized spacial score (nSPS) is 22.8. The van der Waals surface area contributed by atoms with Crippen molar-refractivity contribution >= 4 is 0 Å². The zero-order valence-corrected chi connectivity index (χ0v) is 9.20. The van der Waals surface area contributed by atoms with E-state index < -0.39 is 6.17 Å². The summed E-state index contributed by atoms with van der Waals surface area (Å²) >= 11 is 0. The van der Waals surface area contributed by atoms with Crippen LogP contribution in [0.4, 0.5) is 4.39 Å². The van der Waals surface area contributed by atoms with Gasteiger partial charge in [0.1, 0.15) is 18.5 Å². The fraction of sp³-hybridized carbons (Fsp3) is 0.636. The maximum Gasteiger partial charge on any atom is 0.156 e. The Morgan fingerprint density at radius 2 is 2.40 bits per heavy atom. The van der Waals surface area contributed by atoms with Crippen molar-refractivity contribution < 1.29 is 13.9 Å². The first kappa shape index (κ1) is 12.0. The van der Waals surface area contributed by atoms with Gasteiger partial charge in [-0.2, -0.15) is 0 Å². The van der Waals surface area contributed by atoms with Gasteiger partial charge in [0.15, 0.2) is 5.76 Å². The van der Waals surface area contributed by atoms with Crippen LogP contribution in [0.15, 0.2) is 23.7 Å². The highest BCUT2D eigenvalue weighted by Gasteiger charge is 2.17. The number of rotatable bonds is 5. The number of allylic oxidation sites excluding steroid dienone is 2. The minimum absolute atomic E-state index is 0.0554. The fourth-order valence-electron chi connectivity index (χ4n) is 1.40. The van der Waals surface area contributed by atoms with E-state index in [1.165, 1.54) is 6.92 Å². The van der Waals surface area contributed by atoms with Crippen molar-refractivity contribution in [3.63, 3.8) is 0 Å². The summed E-state index contributed by atoms with van der Waals surface area (Å²) in [4.78, 5) is 0. The molecule has 15 heavy (non-hydrogen) atoms. The van der Waals surface area contributed by atoms with Gasteiger partial charge in [0.25, 0.3) is 0 Å². The van der Waals surface area contributed by atoms with E-state index >= 15 is 0 Å². The standard InChI is InChI=1S/C11H18FNO2/c1-8(12)7-15-10-4-3-9(6-13)5-11(10)14-2/h3-4,8-9H,5-7,13H2,1-2H3/t8-,9+/m1/s1. The number of methoxy groups -OCH3 is 1. The molecule has 3 nitrogen and oxygen atoms in total. The van der Waals surface area contributed by atoms with Gasteiger partial charge in [-0.1, -0.05) is 6.08 Å². The van der Waals surface area contributed by atoms with Crippen molar-refractivity contribution in [2.45, 2.75) is 19.5 Å². The Balaban J connectivity index is 2.60. The van der Waals surface area contributed by atoms with E-state index in [1.807, 2.05) is 12.2 Å². The summed E-state index contributed by atoms with van der Waals surface area (Å²) in [6, 6.07) is 0. The molecule has 2 N–H and O–H groups in total. The molecule has 2 atom stereocenters. The molecule has 0 spiro atoms. The van der Waals surface area contributed by atoms with Gasteiger partial charge in [-0.3, -0.25) is 0 Å². The Kier molecular flexibility index (Phi) is 4.62. The Labute approximate surface area is 89.7 Å². The predicted octanol–water partition coefficient (Wildman–Crippen LogP) is 1.75. The smallest absolute Gasteiger partial charge is 0.156 e. The van der Waals surface area contributed by atoms with Crippen LogP contribution in [-0.4, -0.2) is 26.4 Å². The van der Waals surface area contributed by atoms with Crippen LogP contribution in [0, 0.1) is 5.92 Å². The summed E-state index contributed by atoms with van der Waals surface area (Å²) in [5.41, 5.74) is 5.56. The molecule has 4 heteroatoms. The van der Waals surface area contributed by atoms with E-state index in [2.05, 4.69) is 0 Å². The molecule has 86 valence electrons. The molecule has 0 radical (unpaired) electrons. The van der Waals surface area contributed by atoms with Gasteiger partial charge >= 0.3 is 0 Å². The van der Waals surface area contributed by atoms with Gasteiger partial charge in [0.2, 0.25) is 0 Å². The molecule has 0 aromatic heterocycles. The lowest BCUT2D eigenvalue weighted by Crippen LogP contribution is -2.18. The van der Waals surface area contributed by atoms with Crippen molar-refractivity contribution in [2.24, 2.45) is 11.7 Å². The monoisotopic (exact) mass is 215 g/mol. The summed E-state index contributed by atoms with van der Waals surface area (Å²) in [5, 5.41) is 0. The molecule has 0 heterocycles. The molecule has 1 aliphatic carbocycles. The molecule has 0 bridgehead atoms. The van der Waals surface area contributed by atoms with Crippen molar-refractivity contribution in [1.29, 1.82) is 0 Å². The topological polar surface area (TPSA) is 44.5 Å². The SMILES string of the molecule is COC1=C(OC[C@@H](C)F)C=C[C@H](CN)C1. The maximum absolute atomic E-state index is 12.6. The first-order chi connectivity index (χ1) is 7.17. The molecule has 1 rings (SSSR count). The third-order valence-electron chi connectivity index (χ3n) is 2.26. The molecule has 0 saturated heterocycles. The molecule has 0 saturated carbocycles. The molecule has 0 amide bonds. The molecular weight excluding hydrogens is 197 g/mol. The summed E-state index contributed by atoms with van der Waals surface area (Å²) in [5.74, 6) is 1.65. The van der Waals surface area contributed by atoms with E-state index in [1.54, 1.807) is 7.11 Å². The van der Waals surface area contributed by atoms with E-state index in [9.17, 15) is 4.39 Å². The average molecular weight is 215 g/mol. The molecule has 0 aliphatic heterocycles. The second-order valence-electron chi connectivity index (χ2n) is 3.64. The van der Waals surface area contributed by atoms with Gasteiger partial charge in [-0.15, -0.1) is 0 Å². The van der Waals surface area contributed by atoms with Crippen LogP contribution in [0.1, 0.15) is 13.3 Å². The third-order valence-corrected chi connectivity index (χ3v) is 2.26. The summed E-state index contributed by atoms with van der Waals surface area (Å²) < 4.78 is 23.1. The highest BCUT2D eigenvalue weighted by Crippen LogP contribution is 2.24. The molecular formula is C11H18FNO2. The minimum Gasteiger partial charge on any atom is -0.497 e. The molecule has 1 aliphatic rings. The van der Waals surface area contributed by atoms with Crippen LogP contribution in [-0.2, 0) is 9.47 Å². The molecule has 0 aromatic rings. The number of alkyl halides is 1. The van der Waals surface area contributed by atoms with Crippen LogP contribution < -0.4 is 5.73 Å². The number of halogens is 1. The quantitative estimate of drug-likeness (QED) is 0.760. The van der Waals surface area contributed by atoms with Crippen molar-refractivity contribution in [3.05, 3.63) is 23.7 Å². The maximum atomic E-state index is 12.6. The zero-order chi connectivity index (χ0) is 11.3. The zero-order valence-electron chi connectivity index (χ0n) is 9.20. The summed E-state index contributed by atoms with van der Waals surface area (Å²) in [6.45, 7) is 2.10. The van der Waals surface area contributed by atoms with E-state index in [0.29, 0.717) is 12.3 Å². The van der Waals surface area contributed by atoms with Crippen molar-refractivity contribution in [1.82, 2.24) is 0 Å². The molecule has 0 aromatic carbocycles. The van der Waals surface area contributed by atoms with Crippen LogP contribution in [0.2, 0.25) is 0 Å². The fourth-order valence-corrected chi connectivity index (χ4v) is 1.40. The number of hydrogen-bond donors (Lipinski definition) is 1. The third kappa shape index (κ3) is 3.55. The summed E-state index contributed by atoms with van der Waals surface area (Å²) in [6.07, 6.45) is 3.53. The van der Waals surface area contributed by atoms with E-state index in [-0.39, 0.29) is 12.5 Å².